The second-order valence-corrected chi connectivity index (χ2v) is 5.91. The summed E-state index contributed by atoms with van der Waals surface area (Å²) in [5.74, 6) is 3.71. The summed E-state index contributed by atoms with van der Waals surface area (Å²) in [7, 11) is 0. The molecule has 1 atom stereocenters. The minimum atomic E-state index is 0.448. The number of aromatic nitrogens is 2. The maximum Gasteiger partial charge on any atom is 0.228 e. The van der Waals surface area contributed by atoms with Crippen LogP contribution < -0.4 is 5.32 Å². The van der Waals surface area contributed by atoms with Crippen molar-refractivity contribution >= 4 is 11.8 Å². The first-order valence-corrected chi connectivity index (χ1v) is 7.68. The molecule has 0 radical (unpaired) electrons. The zero-order valence-electron chi connectivity index (χ0n) is 10.9. The lowest BCUT2D eigenvalue weighted by atomic mass is 10.1. The molecule has 100 valence electrons. The molecule has 0 bridgehead atoms. The SMILES string of the molecule is Cc1ccccc1-c1noc(CC2CSCCN2)n1. The number of nitrogens with zero attached hydrogens (tertiary/aromatic N) is 2. The van der Waals surface area contributed by atoms with E-state index in [2.05, 4.69) is 28.4 Å². The van der Waals surface area contributed by atoms with Gasteiger partial charge in [0.2, 0.25) is 11.7 Å². The van der Waals surface area contributed by atoms with Gasteiger partial charge in [-0.05, 0) is 12.5 Å². The predicted molar refractivity (Wildman–Crippen MR) is 77.3 cm³/mol. The van der Waals surface area contributed by atoms with E-state index < -0.39 is 0 Å². The minimum Gasteiger partial charge on any atom is -0.339 e. The zero-order valence-corrected chi connectivity index (χ0v) is 11.7. The number of hydrogen-bond donors (Lipinski definition) is 1. The quantitative estimate of drug-likeness (QED) is 0.931. The predicted octanol–water partition coefficient (Wildman–Crippen LogP) is 2.29. The van der Waals surface area contributed by atoms with Gasteiger partial charge in [-0.1, -0.05) is 29.4 Å². The van der Waals surface area contributed by atoms with E-state index in [0.717, 1.165) is 30.2 Å². The first kappa shape index (κ1) is 12.7. The average Bonchev–Trinajstić information content (AvgIpc) is 2.89. The van der Waals surface area contributed by atoms with Crippen molar-refractivity contribution in [2.24, 2.45) is 0 Å². The molecule has 0 aliphatic carbocycles. The summed E-state index contributed by atoms with van der Waals surface area (Å²) in [6.45, 7) is 3.12. The van der Waals surface area contributed by atoms with E-state index in [9.17, 15) is 0 Å². The number of benzene rings is 1. The fourth-order valence-electron chi connectivity index (χ4n) is 2.23. The third-order valence-corrected chi connectivity index (χ3v) is 4.40. The molecule has 1 aromatic heterocycles. The smallest absolute Gasteiger partial charge is 0.228 e. The van der Waals surface area contributed by atoms with Gasteiger partial charge in [0, 0.05) is 36.1 Å². The third kappa shape index (κ3) is 2.98. The monoisotopic (exact) mass is 275 g/mol. The van der Waals surface area contributed by atoms with Crippen LogP contribution in [0, 0.1) is 6.92 Å². The molecule has 1 aliphatic rings. The van der Waals surface area contributed by atoms with Crippen molar-refractivity contribution < 1.29 is 4.52 Å². The van der Waals surface area contributed by atoms with Gasteiger partial charge in [-0.3, -0.25) is 0 Å². The van der Waals surface area contributed by atoms with E-state index in [1.807, 2.05) is 30.0 Å². The van der Waals surface area contributed by atoms with E-state index >= 15 is 0 Å². The highest BCUT2D eigenvalue weighted by molar-refractivity contribution is 7.99. The van der Waals surface area contributed by atoms with Crippen LogP contribution >= 0.6 is 11.8 Å². The van der Waals surface area contributed by atoms with E-state index in [1.54, 1.807) is 0 Å². The second-order valence-electron chi connectivity index (χ2n) is 4.76. The number of nitrogens with one attached hydrogen (secondary N) is 1. The Morgan fingerprint density at radius 3 is 3.11 bits per heavy atom. The largest absolute Gasteiger partial charge is 0.339 e. The van der Waals surface area contributed by atoms with Crippen LogP contribution in [0.1, 0.15) is 11.5 Å². The molecular formula is C14H17N3OS. The lowest BCUT2D eigenvalue weighted by Gasteiger charge is -2.21. The molecule has 2 heterocycles. The van der Waals surface area contributed by atoms with Crippen LogP contribution in [0.4, 0.5) is 0 Å². The summed E-state index contributed by atoms with van der Waals surface area (Å²) >= 11 is 1.98. The highest BCUT2D eigenvalue weighted by Crippen LogP contribution is 2.20. The summed E-state index contributed by atoms with van der Waals surface area (Å²) in [5.41, 5.74) is 2.21. The van der Waals surface area contributed by atoms with Gasteiger partial charge < -0.3 is 9.84 Å². The first-order chi connectivity index (χ1) is 9.33. The summed E-state index contributed by atoms with van der Waals surface area (Å²) in [6, 6.07) is 8.55. The van der Waals surface area contributed by atoms with E-state index in [-0.39, 0.29) is 0 Å². The van der Waals surface area contributed by atoms with Crippen LogP contribution in [-0.4, -0.2) is 34.2 Å². The van der Waals surface area contributed by atoms with Crippen LogP contribution in [0.2, 0.25) is 0 Å². The lowest BCUT2D eigenvalue weighted by Crippen LogP contribution is -2.38. The molecule has 4 nitrogen and oxygen atoms in total. The van der Waals surface area contributed by atoms with Gasteiger partial charge >= 0.3 is 0 Å². The van der Waals surface area contributed by atoms with Crippen molar-refractivity contribution in [2.75, 3.05) is 18.1 Å². The fourth-order valence-corrected chi connectivity index (χ4v) is 3.18. The number of thioether (sulfide) groups is 1. The van der Waals surface area contributed by atoms with Gasteiger partial charge in [0.1, 0.15) is 0 Å². The maximum absolute atomic E-state index is 5.37. The molecule has 1 fully saturated rings. The normalized spacial score (nSPS) is 19.5. The Balaban J connectivity index is 1.74. The first-order valence-electron chi connectivity index (χ1n) is 6.52. The van der Waals surface area contributed by atoms with Gasteiger partial charge in [-0.2, -0.15) is 16.7 Å². The Bertz CT molecular complexity index is 549. The van der Waals surface area contributed by atoms with Gasteiger partial charge in [0.25, 0.3) is 0 Å². The van der Waals surface area contributed by atoms with Crippen LogP contribution in [-0.2, 0) is 6.42 Å². The van der Waals surface area contributed by atoms with Gasteiger partial charge in [-0.25, -0.2) is 0 Å². The van der Waals surface area contributed by atoms with Crippen LogP contribution in [0.3, 0.4) is 0 Å². The summed E-state index contributed by atoms with van der Waals surface area (Å²) in [4.78, 5) is 4.51. The van der Waals surface area contributed by atoms with Crippen molar-refractivity contribution in [3.05, 3.63) is 35.7 Å². The van der Waals surface area contributed by atoms with Crippen molar-refractivity contribution in [1.29, 1.82) is 0 Å². The second kappa shape index (κ2) is 5.75. The molecule has 0 spiro atoms. The molecule has 5 heteroatoms. The highest BCUT2D eigenvalue weighted by atomic mass is 32.2. The van der Waals surface area contributed by atoms with Crippen LogP contribution in [0.5, 0.6) is 0 Å². The van der Waals surface area contributed by atoms with Gasteiger partial charge in [-0.15, -0.1) is 0 Å². The molecule has 3 rings (SSSR count). The average molecular weight is 275 g/mol. The number of aryl methyl sites for hydroxylation is 1. The topological polar surface area (TPSA) is 51.0 Å². The Morgan fingerprint density at radius 1 is 1.42 bits per heavy atom. The molecule has 0 amide bonds. The molecule has 1 N–H and O–H groups in total. The van der Waals surface area contributed by atoms with Crippen molar-refractivity contribution in [3.8, 4) is 11.4 Å². The molecule has 1 saturated heterocycles. The van der Waals surface area contributed by atoms with Crippen molar-refractivity contribution in [3.63, 3.8) is 0 Å². The molecular weight excluding hydrogens is 258 g/mol. The third-order valence-electron chi connectivity index (χ3n) is 3.27. The Morgan fingerprint density at radius 2 is 2.32 bits per heavy atom. The Kier molecular flexibility index (Phi) is 3.84. The Hall–Kier alpha value is -1.33. The van der Waals surface area contributed by atoms with Crippen molar-refractivity contribution in [1.82, 2.24) is 15.5 Å². The van der Waals surface area contributed by atoms with Crippen molar-refractivity contribution in [2.45, 2.75) is 19.4 Å². The van der Waals surface area contributed by atoms with E-state index in [1.165, 1.54) is 11.3 Å². The summed E-state index contributed by atoms with van der Waals surface area (Å²) in [6.07, 6.45) is 0.811. The number of hydrogen-bond acceptors (Lipinski definition) is 5. The lowest BCUT2D eigenvalue weighted by molar-refractivity contribution is 0.363. The molecule has 1 aliphatic heterocycles. The fraction of sp³-hybridized carbons (Fsp3) is 0.429. The van der Waals surface area contributed by atoms with Crippen LogP contribution in [0.15, 0.2) is 28.8 Å². The highest BCUT2D eigenvalue weighted by Gasteiger charge is 2.18. The molecule has 0 saturated carbocycles. The zero-order chi connectivity index (χ0) is 13.1. The summed E-state index contributed by atoms with van der Waals surface area (Å²) < 4.78 is 5.37. The van der Waals surface area contributed by atoms with Gasteiger partial charge in [0.15, 0.2) is 0 Å². The van der Waals surface area contributed by atoms with Gasteiger partial charge in [0.05, 0.1) is 0 Å². The van der Waals surface area contributed by atoms with E-state index in [0.29, 0.717) is 11.9 Å². The molecule has 1 aromatic carbocycles. The minimum absolute atomic E-state index is 0.448. The molecule has 1 unspecified atom stereocenters. The molecule has 2 aromatic rings. The molecule has 19 heavy (non-hydrogen) atoms. The standard InChI is InChI=1S/C14H17N3OS/c1-10-4-2-3-5-12(10)14-16-13(18-17-14)8-11-9-19-7-6-15-11/h2-5,11,15H,6-9H2,1H3. The van der Waals surface area contributed by atoms with Crippen LogP contribution in [0.25, 0.3) is 11.4 Å². The number of rotatable bonds is 3. The van der Waals surface area contributed by atoms with E-state index in [4.69, 9.17) is 4.52 Å². The maximum atomic E-state index is 5.37. The Labute approximate surface area is 117 Å². The summed E-state index contributed by atoms with van der Waals surface area (Å²) in [5, 5.41) is 7.57.